The molecule has 2 aromatic carbocycles. The van der Waals surface area contributed by atoms with Crippen LogP contribution in [0.5, 0.6) is 11.5 Å². The van der Waals surface area contributed by atoms with Crippen LogP contribution in [-0.2, 0) is 6.42 Å². The molecule has 0 saturated heterocycles. The van der Waals surface area contributed by atoms with Crippen molar-refractivity contribution >= 4 is 0 Å². The van der Waals surface area contributed by atoms with E-state index in [4.69, 9.17) is 0 Å². The number of phenolic OH excluding ortho intramolecular Hbond substituents is 2. The fourth-order valence-electron chi connectivity index (χ4n) is 2.30. The van der Waals surface area contributed by atoms with E-state index < -0.39 is 0 Å². The van der Waals surface area contributed by atoms with Crippen molar-refractivity contribution in [1.82, 2.24) is 5.32 Å². The highest BCUT2D eigenvalue weighted by atomic mass is 16.3. The van der Waals surface area contributed by atoms with Gasteiger partial charge in [-0.05, 0) is 50.6 Å². The molecule has 3 heteroatoms. The van der Waals surface area contributed by atoms with Crippen molar-refractivity contribution in [2.24, 2.45) is 0 Å². The predicted octanol–water partition coefficient (Wildman–Crippen LogP) is 3.30. The minimum absolute atomic E-state index is 0.00749. The van der Waals surface area contributed by atoms with Gasteiger partial charge in [0.1, 0.15) is 11.5 Å². The molecule has 0 spiro atoms. The van der Waals surface area contributed by atoms with Crippen LogP contribution in [0.15, 0.2) is 42.5 Å². The fraction of sp³-hybridized carbons (Fsp3) is 0.294. The molecule has 0 radical (unpaired) electrons. The average Bonchev–Trinajstić information content (AvgIpc) is 2.41. The number of hydrogen-bond acceptors (Lipinski definition) is 3. The lowest BCUT2D eigenvalue weighted by Crippen LogP contribution is -2.21. The Morgan fingerprint density at radius 2 is 1.90 bits per heavy atom. The Morgan fingerprint density at radius 1 is 1.10 bits per heavy atom. The Labute approximate surface area is 119 Å². The summed E-state index contributed by atoms with van der Waals surface area (Å²) in [6, 6.07) is 13.0. The normalized spacial score (nSPS) is 12.3. The number of aryl methyl sites for hydroxylation is 1. The van der Waals surface area contributed by atoms with Gasteiger partial charge in [-0.3, -0.25) is 0 Å². The lowest BCUT2D eigenvalue weighted by atomic mass is 10.1. The molecule has 0 aromatic heterocycles. The molecule has 0 bridgehead atoms. The van der Waals surface area contributed by atoms with E-state index >= 15 is 0 Å². The van der Waals surface area contributed by atoms with Gasteiger partial charge in [0.05, 0.1) is 0 Å². The molecule has 0 heterocycles. The van der Waals surface area contributed by atoms with Gasteiger partial charge in [-0.1, -0.05) is 29.8 Å². The molecule has 0 aliphatic carbocycles. The molecule has 0 saturated carbocycles. The molecule has 2 rings (SSSR count). The molecular weight excluding hydrogens is 250 g/mol. The van der Waals surface area contributed by atoms with Crippen LogP contribution >= 0.6 is 0 Å². The average molecular weight is 271 g/mol. The van der Waals surface area contributed by atoms with Crippen LogP contribution in [0.2, 0.25) is 0 Å². The van der Waals surface area contributed by atoms with Crippen LogP contribution in [-0.4, -0.2) is 16.8 Å². The maximum atomic E-state index is 9.81. The highest BCUT2D eigenvalue weighted by Gasteiger charge is 2.10. The van der Waals surface area contributed by atoms with Gasteiger partial charge in [0, 0.05) is 11.6 Å². The summed E-state index contributed by atoms with van der Waals surface area (Å²) in [5, 5.41) is 22.7. The van der Waals surface area contributed by atoms with Crippen molar-refractivity contribution in [1.29, 1.82) is 0 Å². The van der Waals surface area contributed by atoms with Gasteiger partial charge in [0.25, 0.3) is 0 Å². The summed E-state index contributed by atoms with van der Waals surface area (Å²) >= 11 is 0. The van der Waals surface area contributed by atoms with Crippen LogP contribution in [0.4, 0.5) is 0 Å². The number of rotatable bonds is 5. The zero-order valence-electron chi connectivity index (χ0n) is 11.9. The first-order chi connectivity index (χ1) is 9.56. The van der Waals surface area contributed by atoms with Crippen molar-refractivity contribution < 1.29 is 10.2 Å². The van der Waals surface area contributed by atoms with Crippen molar-refractivity contribution in [2.75, 3.05) is 6.54 Å². The number of phenols is 2. The van der Waals surface area contributed by atoms with Crippen molar-refractivity contribution in [2.45, 2.75) is 26.3 Å². The third-order valence-corrected chi connectivity index (χ3v) is 3.42. The van der Waals surface area contributed by atoms with Gasteiger partial charge in [0.2, 0.25) is 0 Å². The predicted molar refractivity (Wildman–Crippen MR) is 81.1 cm³/mol. The van der Waals surface area contributed by atoms with E-state index in [2.05, 4.69) is 36.5 Å². The monoisotopic (exact) mass is 271 g/mol. The second kappa shape index (κ2) is 6.44. The van der Waals surface area contributed by atoms with Gasteiger partial charge in [-0.2, -0.15) is 0 Å². The van der Waals surface area contributed by atoms with Crippen LogP contribution in [0.1, 0.15) is 29.7 Å². The first kappa shape index (κ1) is 14.4. The summed E-state index contributed by atoms with van der Waals surface area (Å²) < 4.78 is 0. The first-order valence-corrected chi connectivity index (χ1v) is 6.87. The minimum Gasteiger partial charge on any atom is -0.508 e. The summed E-state index contributed by atoms with van der Waals surface area (Å²) in [6.07, 6.45) is 0.936. The highest BCUT2D eigenvalue weighted by Crippen LogP contribution is 2.27. The zero-order valence-corrected chi connectivity index (χ0v) is 11.9. The van der Waals surface area contributed by atoms with Crippen molar-refractivity contribution in [3.8, 4) is 11.5 Å². The van der Waals surface area contributed by atoms with Gasteiger partial charge in [-0.25, -0.2) is 0 Å². The number of benzene rings is 2. The summed E-state index contributed by atoms with van der Waals surface area (Å²) in [5.74, 6) is 0.378. The number of aromatic hydroxyl groups is 2. The van der Waals surface area contributed by atoms with Gasteiger partial charge in [-0.15, -0.1) is 0 Å². The zero-order chi connectivity index (χ0) is 14.5. The number of nitrogens with one attached hydrogen (secondary N) is 1. The summed E-state index contributed by atoms with van der Waals surface area (Å²) in [7, 11) is 0. The summed E-state index contributed by atoms with van der Waals surface area (Å²) in [5.41, 5.74) is 3.28. The summed E-state index contributed by atoms with van der Waals surface area (Å²) in [6.45, 7) is 4.88. The molecular formula is C17H21NO2. The quantitative estimate of drug-likeness (QED) is 0.731. The Kier molecular flexibility index (Phi) is 4.64. The third-order valence-electron chi connectivity index (χ3n) is 3.42. The minimum atomic E-state index is -0.00749. The van der Waals surface area contributed by atoms with Crippen molar-refractivity contribution in [3.05, 3.63) is 59.2 Å². The van der Waals surface area contributed by atoms with Gasteiger partial charge >= 0.3 is 0 Å². The Morgan fingerprint density at radius 3 is 2.65 bits per heavy atom. The molecule has 3 nitrogen and oxygen atoms in total. The molecule has 1 unspecified atom stereocenters. The Bertz CT molecular complexity index is 581. The molecule has 0 fully saturated rings. The van der Waals surface area contributed by atoms with Gasteiger partial charge in [0.15, 0.2) is 0 Å². The maximum absolute atomic E-state index is 9.81. The second-order valence-electron chi connectivity index (χ2n) is 5.16. The fourth-order valence-corrected chi connectivity index (χ4v) is 2.30. The molecule has 3 N–H and O–H groups in total. The maximum Gasteiger partial charge on any atom is 0.120 e. The molecule has 0 amide bonds. The summed E-state index contributed by atoms with van der Waals surface area (Å²) in [4.78, 5) is 0. The molecule has 0 aliphatic heterocycles. The van der Waals surface area contributed by atoms with Crippen LogP contribution in [0.25, 0.3) is 0 Å². The smallest absolute Gasteiger partial charge is 0.120 e. The topological polar surface area (TPSA) is 52.5 Å². The first-order valence-electron chi connectivity index (χ1n) is 6.87. The van der Waals surface area contributed by atoms with Crippen LogP contribution in [0.3, 0.4) is 0 Å². The van der Waals surface area contributed by atoms with E-state index in [1.807, 2.05) is 6.92 Å². The van der Waals surface area contributed by atoms with E-state index in [0.29, 0.717) is 5.56 Å². The van der Waals surface area contributed by atoms with E-state index in [9.17, 15) is 10.2 Å². The largest absolute Gasteiger partial charge is 0.508 e. The van der Waals surface area contributed by atoms with E-state index in [1.54, 1.807) is 6.07 Å². The Hall–Kier alpha value is -2.00. The SMILES string of the molecule is Cc1cccc(CCNC(C)c2cc(O)ccc2O)c1. The standard InChI is InChI=1S/C17H21NO2/c1-12-4-3-5-14(10-12)8-9-18-13(2)16-11-15(19)6-7-17(16)20/h3-7,10-11,13,18-20H,8-9H2,1-2H3. The molecule has 1 atom stereocenters. The molecule has 20 heavy (non-hydrogen) atoms. The lowest BCUT2D eigenvalue weighted by Gasteiger charge is -2.16. The van der Waals surface area contributed by atoms with Crippen molar-refractivity contribution in [3.63, 3.8) is 0 Å². The highest BCUT2D eigenvalue weighted by molar-refractivity contribution is 5.40. The van der Waals surface area contributed by atoms with Crippen LogP contribution in [0, 0.1) is 6.92 Å². The molecule has 2 aromatic rings. The Balaban J connectivity index is 1.92. The van der Waals surface area contributed by atoms with Crippen LogP contribution < -0.4 is 5.32 Å². The van der Waals surface area contributed by atoms with E-state index in [1.165, 1.54) is 23.3 Å². The van der Waals surface area contributed by atoms with Gasteiger partial charge < -0.3 is 15.5 Å². The van der Waals surface area contributed by atoms with E-state index in [-0.39, 0.29) is 17.5 Å². The lowest BCUT2D eigenvalue weighted by molar-refractivity contribution is 0.441. The van der Waals surface area contributed by atoms with E-state index in [0.717, 1.165) is 13.0 Å². The molecule has 106 valence electrons. The number of hydrogen-bond donors (Lipinski definition) is 3. The third kappa shape index (κ3) is 3.75. The second-order valence-corrected chi connectivity index (χ2v) is 5.16. The molecule has 0 aliphatic rings.